The Bertz CT molecular complexity index is 361. The molecule has 0 atom stereocenters. The standard InChI is InChI=1S/C13H17Br2N/c1-16(10-13(9-14)6-7-13)8-11-4-2-3-5-12(11)15/h2-5H,6-10H2,1H3. The summed E-state index contributed by atoms with van der Waals surface area (Å²) in [6.45, 7) is 2.22. The molecule has 1 aromatic rings. The lowest BCUT2D eigenvalue weighted by Crippen LogP contribution is -2.27. The van der Waals surface area contributed by atoms with Gasteiger partial charge in [0, 0.05) is 22.9 Å². The van der Waals surface area contributed by atoms with Crippen molar-refractivity contribution in [2.75, 3.05) is 18.9 Å². The largest absolute Gasteiger partial charge is 0.301 e. The Balaban J connectivity index is 1.92. The molecule has 0 aromatic heterocycles. The van der Waals surface area contributed by atoms with Gasteiger partial charge >= 0.3 is 0 Å². The van der Waals surface area contributed by atoms with E-state index in [1.54, 1.807) is 0 Å². The Morgan fingerprint density at radius 1 is 1.31 bits per heavy atom. The van der Waals surface area contributed by atoms with E-state index in [0.29, 0.717) is 5.41 Å². The number of halogens is 2. The van der Waals surface area contributed by atoms with Crippen molar-refractivity contribution in [3.63, 3.8) is 0 Å². The first-order valence-corrected chi connectivity index (χ1v) is 7.55. The van der Waals surface area contributed by atoms with Crippen molar-refractivity contribution in [1.82, 2.24) is 4.90 Å². The maximum absolute atomic E-state index is 3.63. The molecule has 1 saturated carbocycles. The first kappa shape index (κ1) is 12.6. The molecule has 1 aliphatic carbocycles. The van der Waals surface area contributed by atoms with Crippen LogP contribution >= 0.6 is 31.9 Å². The lowest BCUT2D eigenvalue weighted by Gasteiger charge is -2.22. The van der Waals surface area contributed by atoms with Crippen molar-refractivity contribution >= 4 is 31.9 Å². The SMILES string of the molecule is CN(Cc1ccccc1Br)CC1(CBr)CC1. The van der Waals surface area contributed by atoms with Crippen LogP contribution in [0.15, 0.2) is 28.7 Å². The number of benzene rings is 1. The van der Waals surface area contributed by atoms with Gasteiger partial charge in [0.05, 0.1) is 0 Å². The monoisotopic (exact) mass is 345 g/mol. The minimum Gasteiger partial charge on any atom is -0.301 e. The van der Waals surface area contributed by atoms with Crippen LogP contribution in [-0.2, 0) is 6.54 Å². The van der Waals surface area contributed by atoms with Gasteiger partial charge in [0.15, 0.2) is 0 Å². The van der Waals surface area contributed by atoms with Gasteiger partial charge in [0.25, 0.3) is 0 Å². The Kier molecular flexibility index (Phi) is 4.09. The second kappa shape index (κ2) is 5.19. The van der Waals surface area contributed by atoms with Gasteiger partial charge in [0.2, 0.25) is 0 Å². The maximum atomic E-state index is 3.63. The van der Waals surface area contributed by atoms with Crippen LogP contribution in [0.1, 0.15) is 18.4 Å². The normalized spacial score (nSPS) is 17.8. The van der Waals surface area contributed by atoms with Crippen LogP contribution in [0.2, 0.25) is 0 Å². The molecule has 0 aliphatic heterocycles. The predicted molar refractivity (Wildman–Crippen MR) is 75.9 cm³/mol. The highest BCUT2D eigenvalue weighted by atomic mass is 79.9. The summed E-state index contributed by atoms with van der Waals surface area (Å²) < 4.78 is 1.21. The van der Waals surface area contributed by atoms with Crippen molar-refractivity contribution in [2.45, 2.75) is 19.4 Å². The third kappa shape index (κ3) is 3.08. The Morgan fingerprint density at radius 2 is 2.00 bits per heavy atom. The third-order valence-electron chi connectivity index (χ3n) is 3.24. The highest BCUT2D eigenvalue weighted by molar-refractivity contribution is 9.10. The summed E-state index contributed by atoms with van der Waals surface area (Å²) >= 11 is 7.23. The van der Waals surface area contributed by atoms with Crippen molar-refractivity contribution in [1.29, 1.82) is 0 Å². The number of hydrogen-bond acceptors (Lipinski definition) is 1. The van der Waals surface area contributed by atoms with Gasteiger partial charge in [-0.25, -0.2) is 0 Å². The van der Waals surface area contributed by atoms with Crippen LogP contribution < -0.4 is 0 Å². The van der Waals surface area contributed by atoms with Gasteiger partial charge in [-0.1, -0.05) is 50.1 Å². The molecule has 0 spiro atoms. The van der Waals surface area contributed by atoms with E-state index in [9.17, 15) is 0 Å². The fourth-order valence-electron chi connectivity index (χ4n) is 2.06. The Hall–Kier alpha value is 0.140. The zero-order valence-corrected chi connectivity index (χ0v) is 12.7. The summed E-state index contributed by atoms with van der Waals surface area (Å²) in [6, 6.07) is 8.47. The van der Waals surface area contributed by atoms with E-state index in [1.165, 1.54) is 29.4 Å². The summed E-state index contributed by atoms with van der Waals surface area (Å²) in [5.41, 5.74) is 1.94. The predicted octanol–water partition coefficient (Wildman–Crippen LogP) is 4.06. The topological polar surface area (TPSA) is 3.24 Å². The third-order valence-corrected chi connectivity index (χ3v) is 5.21. The molecular weight excluding hydrogens is 330 g/mol. The molecule has 2 rings (SSSR count). The molecule has 0 N–H and O–H groups in total. The molecule has 88 valence electrons. The molecule has 0 unspecified atom stereocenters. The molecule has 0 amide bonds. The molecule has 0 saturated heterocycles. The van der Waals surface area contributed by atoms with Gasteiger partial charge in [-0.15, -0.1) is 0 Å². The minimum atomic E-state index is 0.565. The van der Waals surface area contributed by atoms with Crippen LogP contribution in [-0.4, -0.2) is 23.8 Å². The smallest absolute Gasteiger partial charge is 0.0242 e. The summed E-state index contributed by atoms with van der Waals surface area (Å²) in [7, 11) is 2.21. The fourth-order valence-corrected chi connectivity index (χ4v) is 3.20. The maximum Gasteiger partial charge on any atom is 0.0242 e. The molecule has 1 aliphatic rings. The summed E-state index contributed by atoms with van der Waals surface area (Å²) in [5, 5.41) is 1.14. The van der Waals surface area contributed by atoms with Crippen LogP contribution in [0.3, 0.4) is 0 Å². The average molecular weight is 347 g/mol. The Labute approximate surface area is 114 Å². The van der Waals surface area contributed by atoms with Crippen molar-refractivity contribution in [3.8, 4) is 0 Å². The molecule has 0 bridgehead atoms. The molecule has 3 heteroatoms. The second-order valence-corrected chi connectivity index (χ2v) is 6.31. The zero-order chi connectivity index (χ0) is 11.6. The van der Waals surface area contributed by atoms with E-state index < -0.39 is 0 Å². The van der Waals surface area contributed by atoms with E-state index in [1.807, 2.05) is 0 Å². The number of nitrogens with zero attached hydrogens (tertiary/aromatic N) is 1. The molecular formula is C13H17Br2N. The molecule has 16 heavy (non-hydrogen) atoms. The van der Waals surface area contributed by atoms with Gasteiger partial charge in [-0.05, 0) is 36.9 Å². The van der Waals surface area contributed by atoms with Crippen LogP contribution in [0.5, 0.6) is 0 Å². The van der Waals surface area contributed by atoms with Gasteiger partial charge in [-0.3, -0.25) is 0 Å². The average Bonchev–Trinajstić information content (AvgIpc) is 3.02. The number of rotatable bonds is 5. The highest BCUT2D eigenvalue weighted by Crippen LogP contribution is 2.47. The minimum absolute atomic E-state index is 0.565. The van der Waals surface area contributed by atoms with E-state index in [0.717, 1.165) is 11.9 Å². The summed E-state index contributed by atoms with van der Waals surface area (Å²) in [5.74, 6) is 0. The van der Waals surface area contributed by atoms with E-state index in [-0.39, 0.29) is 0 Å². The van der Waals surface area contributed by atoms with Crippen LogP contribution in [0.4, 0.5) is 0 Å². The quantitative estimate of drug-likeness (QED) is 0.727. The van der Waals surface area contributed by atoms with Gasteiger partial charge < -0.3 is 4.90 Å². The molecule has 1 fully saturated rings. The Morgan fingerprint density at radius 3 is 2.56 bits per heavy atom. The zero-order valence-electron chi connectivity index (χ0n) is 9.55. The number of alkyl halides is 1. The second-order valence-electron chi connectivity index (χ2n) is 4.90. The summed E-state index contributed by atoms with van der Waals surface area (Å²) in [6.07, 6.45) is 2.75. The van der Waals surface area contributed by atoms with E-state index in [2.05, 4.69) is 68.1 Å². The first-order valence-electron chi connectivity index (χ1n) is 5.63. The van der Waals surface area contributed by atoms with Crippen LogP contribution in [0, 0.1) is 5.41 Å². The number of hydrogen-bond donors (Lipinski definition) is 0. The van der Waals surface area contributed by atoms with Crippen molar-refractivity contribution < 1.29 is 0 Å². The molecule has 0 heterocycles. The fraction of sp³-hybridized carbons (Fsp3) is 0.538. The lowest BCUT2D eigenvalue weighted by molar-refractivity contribution is 0.270. The van der Waals surface area contributed by atoms with E-state index >= 15 is 0 Å². The highest BCUT2D eigenvalue weighted by Gasteiger charge is 2.42. The molecule has 0 radical (unpaired) electrons. The molecule has 1 nitrogen and oxygen atoms in total. The first-order chi connectivity index (χ1) is 7.65. The van der Waals surface area contributed by atoms with E-state index in [4.69, 9.17) is 0 Å². The van der Waals surface area contributed by atoms with Crippen LogP contribution in [0.25, 0.3) is 0 Å². The van der Waals surface area contributed by atoms with Gasteiger partial charge in [0.1, 0.15) is 0 Å². The van der Waals surface area contributed by atoms with Crippen molar-refractivity contribution in [3.05, 3.63) is 34.3 Å². The lowest BCUT2D eigenvalue weighted by atomic mass is 10.1. The van der Waals surface area contributed by atoms with Gasteiger partial charge in [-0.2, -0.15) is 0 Å². The summed E-state index contributed by atoms with van der Waals surface area (Å²) in [4.78, 5) is 2.42. The van der Waals surface area contributed by atoms with Crippen molar-refractivity contribution in [2.24, 2.45) is 5.41 Å². The molecule has 1 aromatic carbocycles.